The second kappa shape index (κ2) is 7.47. The van der Waals surface area contributed by atoms with Gasteiger partial charge in [0.25, 0.3) is 5.91 Å². The molecule has 2 amide bonds. The lowest BCUT2D eigenvalue weighted by Crippen LogP contribution is -2.41. The highest BCUT2D eigenvalue weighted by atomic mass is 16.5. The molecule has 26 heavy (non-hydrogen) atoms. The lowest BCUT2D eigenvalue weighted by Gasteiger charge is -2.08. The first-order chi connectivity index (χ1) is 12.6. The van der Waals surface area contributed by atoms with Gasteiger partial charge in [-0.2, -0.15) is 5.10 Å². The predicted molar refractivity (Wildman–Crippen MR) is 88.7 cm³/mol. The van der Waals surface area contributed by atoms with Crippen LogP contribution in [0.25, 0.3) is 5.82 Å². The van der Waals surface area contributed by atoms with Gasteiger partial charge >= 0.3 is 5.91 Å². The van der Waals surface area contributed by atoms with Crippen molar-refractivity contribution >= 4 is 11.8 Å². The maximum atomic E-state index is 12.4. The van der Waals surface area contributed by atoms with Gasteiger partial charge < -0.3 is 9.15 Å². The molecule has 0 fully saturated rings. The molecule has 3 rings (SSSR count). The first-order valence-electron chi connectivity index (χ1n) is 7.73. The summed E-state index contributed by atoms with van der Waals surface area (Å²) in [6.07, 6.45) is 3.29. The summed E-state index contributed by atoms with van der Waals surface area (Å²) in [4.78, 5) is 24.2. The zero-order chi connectivity index (χ0) is 18.5. The van der Waals surface area contributed by atoms with Crippen molar-refractivity contribution < 1.29 is 18.7 Å². The van der Waals surface area contributed by atoms with Gasteiger partial charge in [0.15, 0.2) is 11.6 Å². The Labute approximate surface area is 148 Å². The molecule has 0 unspecified atom stereocenters. The second-order valence-corrected chi connectivity index (χ2v) is 5.09. The normalized spacial score (nSPS) is 10.4. The number of aromatic nitrogens is 4. The number of nitrogens with zero attached hydrogens (tertiary/aromatic N) is 4. The van der Waals surface area contributed by atoms with Crippen LogP contribution in [0, 0.1) is 0 Å². The summed E-state index contributed by atoms with van der Waals surface area (Å²) in [5.74, 6) is -0.159. The molecule has 0 spiro atoms. The van der Waals surface area contributed by atoms with E-state index >= 15 is 0 Å². The van der Waals surface area contributed by atoms with Crippen LogP contribution in [0.3, 0.4) is 0 Å². The number of rotatable bonds is 5. The quantitative estimate of drug-likeness (QED) is 0.651. The van der Waals surface area contributed by atoms with Crippen molar-refractivity contribution in [3.8, 4) is 11.7 Å². The van der Waals surface area contributed by atoms with Crippen LogP contribution in [-0.4, -0.2) is 38.9 Å². The standard InChI is InChI=1S/C16H16N6O4/c1-3-11-10(15(23)20-21-16(24)12-5-4-8-26-12)9-17-22(11)13-6-7-14(25-2)19-18-13/h4-9H,3H2,1-2H3,(H,20,23)(H,21,24). The number of carbonyl (C=O) groups is 2. The molecule has 10 heteroatoms. The largest absolute Gasteiger partial charge is 0.480 e. The molecule has 0 aliphatic heterocycles. The van der Waals surface area contributed by atoms with E-state index in [0.717, 1.165) is 0 Å². The van der Waals surface area contributed by atoms with Crippen LogP contribution < -0.4 is 15.6 Å². The lowest BCUT2D eigenvalue weighted by atomic mass is 10.2. The van der Waals surface area contributed by atoms with E-state index in [1.165, 1.54) is 30.3 Å². The number of hydrazine groups is 1. The summed E-state index contributed by atoms with van der Waals surface area (Å²) in [6, 6.07) is 6.39. The first-order valence-corrected chi connectivity index (χ1v) is 7.73. The van der Waals surface area contributed by atoms with E-state index in [1.54, 1.807) is 18.2 Å². The number of methoxy groups -OCH3 is 1. The third-order valence-corrected chi connectivity index (χ3v) is 3.54. The minimum atomic E-state index is -0.560. The summed E-state index contributed by atoms with van der Waals surface area (Å²) in [5, 5.41) is 12.1. The van der Waals surface area contributed by atoms with E-state index in [9.17, 15) is 9.59 Å². The smallest absolute Gasteiger partial charge is 0.305 e. The molecule has 3 aromatic heterocycles. The van der Waals surface area contributed by atoms with Crippen molar-refractivity contribution in [2.24, 2.45) is 0 Å². The Kier molecular flexibility index (Phi) is 4.92. The van der Waals surface area contributed by atoms with Crippen LogP contribution in [0.4, 0.5) is 0 Å². The van der Waals surface area contributed by atoms with E-state index < -0.39 is 11.8 Å². The van der Waals surface area contributed by atoms with Crippen LogP contribution >= 0.6 is 0 Å². The fraction of sp³-hybridized carbons (Fsp3) is 0.188. The number of hydrogen-bond acceptors (Lipinski definition) is 7. The van der Waals surface area contributed by atoms with E-state index in [0.29, 0.717) is 29.4 Å². The zero-order valence-corrected chi connectivity index (χ0v) is 14.1. The highest BCUT2D eigenvalue weighted by molar-refractivity contribution is 5.98. The second-order valence-electron chi connectivity index (χ2n) is 5.09. The van der Waals surface area contributed by atoms with Crippen LogP contribution in [0.2, 0.25) is 0 Å². The molecular weight excluding hydrogens is 340 g/mol. The van der Waals surface area contributed by atoms with Gasteiger partial charge in [-0.15, -0.1) is 10.2 Å². The minimum Gasteiger partial charge on any atom is -0.480 e. The molecule has 3 aromatic rings. The van der Waals surface area contributed by atoms with Gasteiger partial charge in [0.2, 0.25) is 5.88 Å². The highest BCUT2D eigenvalue weighted by Crippen LogP contribution is 2.15. The molecule has 10 nitrogen and oxygen atoms in total. The van der Waals surface area contributed by atoms with Crippen LogP contribution in [0.5, 0.6) is 5.88 Å². The zero-order valence-electron chi connectivity index (χ0n) is 14.1. The summed E-state index contributed by atoms with van der Waals surface area (Å²) >= 11 is 0. The van der Waals surface area contributed by atoms with E-state index in [-0.39, 0.29) is 5.76 Å². The summed E-state index contributed by atoms with van der Waals surface area (Å²) < 4.78 is 11.4. The van der Waals surface area contributed by atoms with Crippen molar-refractivity contribution in [3.63, 3.8) is 0 Å². The molecule has 0 saturated heterocycles. The fourth-order valence-corrected chi connectivity index (χ4v) is 2.29. The minimum absolute atomic E-state index is 0.0882. The van der Waals surface area contributed by atoms with Crippen molar-refractivity contribution in [1.82, 2.24) is 30.8 Å². The molecule has 0 atom stereocenters. The Balaban J connectivity index is 1.76. The number of nitrogens with one attached hydrogen (secondary N) is 2. The predicted octanol–water partition coefficient (Wildman–Crippen LogP) is 0.901. The fourth-order valence-electron chi connectivity index (χ4n) is 2.29. The van der Waals surface area contributed by atoms with Gasteiger partial charge in [-0.05, 0) is 24.6 Å². The third-order valence-electron chi connectivity index (χ3n) is 3.54. The summed E-state index contributed by atoms with van der Waals surface area (Å²) in [5.41, 5.74) is 5.55. The van der Waals surface area contributed by atoms with Gasteiger partial charge in [0.05, 0.1) is 30.8 Å². The molecule has 0 aliphatic carbocycles. The van der Waals surface area contributed by atoms with Crippen molar-refractivity contribution in [2.45, 2.75) is 13.3 Å². The highest BCUT2D eigenvalue weighted by Gasteiger charge is 2.19. The maximum absolute atomic E-state index is 12.4. The molecule has 3 heterocycles. The van der Waals surface area contributed by atoms with Crippen LogP contribution in [0.15, 0.2) is 41.1 Å². The number of hydrogen-bond donors (Lipinski definition) is 2. The number of amides is 2. The van der Waals surface area contributed by atoms with E-state index in [4.69, 9.17) is 9.15 Å². The monoisotopic (exact) mass is 356 g/mol. The van der Waals surface area contributed by atoms with Crippen LogP contribution in [-0.2, 0) is 6.42 Å². The molecule has 0 bridgehead atoms. The number of furan rings is 1. The van der Waals surface area contributed by atoms with Crippen molar-refractivity contribution in [1.29, 1.82) is 0 Å². The van der Waals surface area contributed by atoms with Gasteiger partial charge in [-0.1, -0.05) is 6.92 Å². The number of ether oxygens (including phenoxy) is 1. The lowest BCUT2D eigenvalue weighted by molar-refractivity contribution is 0.0830. The third kappa shape index (κ3) is 3.38. The molecule has 0 saturated carbocycles. The first kappa shape index (κ1) is 17.1. The average molecular weight is 356 g/mol. The summed E-state index contributed by atoms with van der Waals surface area (Å²) in [7, 11) is 1.49. The van der Waals surface area contributed by atoms with Gasteiger partial charge in [0, 0.05) is 6.07 Å². The Hall–Kier alpha value is -3.69. The van der Waals surface area contributed by atoms with E-state index in [2.05, 4.69) is 26.1 Å². The number of carbonyl (C=O) groups excluding carboxylic acids is 2. The summed E-state index contributed by atoms with van der Waals surface area (Å²) in [6.45, 7) is 1.88. The molecule has 134 valence electrons. The van der Waals surface area contributed by atoms with Crippen molar-refractivity contribution in [2.75, 3.05) is 7.11 Å². The maximum Gasteiger partial charge on any atom is 0.305 e. The molecule has 0 aromatic carbocycles. The molecule has 2 N–H and O–H groups in total. The van der Waals surface area contributed by atoms with Crippen molar-refractivity contribution in [3.05, 3.63) is 53.7 Å². The van der Waals surface area contributed by atoms with Gasteiger partial charge in [-0.3, -0.25) is 20.4 Å². The Morgan fingerprint density at radius 2 is 2.00 bits per heavy atom. The van der Waals surface area contributed by atoms with Gasteiger partial charge in [-0.25, -0.2) is 4.68 Å². The van der Waals surface area contributed by atoms with Crippen LogP contribution in [0.1, 0.15) is 33.5 Å². The Bertz CT molecular complexity index is 901. The molecule has 0 radical (unpaired) electrons. The van der Waals surface area contributed by atoms with E-state index in [1.807, 2.05) is 6.92 Å². The molecular formula is C16H16N6O4. The molecule has 0 aliphatic rings. The average Bonchev–Trinajstić information content (AvgIpc) is 3.35. The SMILES string of the molecule is CCc1c(C(=O)NNC(=O)c2ccco2)cnn1-c1ccc(OC)nn1. The Morgan fingerprint density at radius 3 is 2.62 bits per heavy atom. The van der Waals surface area contributed by atoms with Gasteiger partial charge in [0.1, 0.15) is 0 Å². The topological polar surface area (TPSA) is 124 Å². The Morgan fingerprint density at radius 1 is 1.19 bits per heavy atom.